The number of benzene rings is 1. The normalized spacial score (nSPS) is 10.9. The fraction of sp³-hybridized carbons (Fsp3) is 0.0769. The molecule has 18 heavy (non-hydrogen) atoms. The fourth-order valence-corrected chi connectivity index (χ4v) is 2.14. The van der Waals surface area contributed by atoms with E-state index >= 15 is 0 Å². The number of nitrogen functional groups attached to an aromatic ring is 1. The first-order valence-corrected chi connectivity index (χ1v) is 5.94. The molecule has 2 heterocycles. The third-order valence-electron chi connectivity index (χ3n) is 2.78. The lowest BCUT2D eigenvalue weighted by Gasteiger charge is -2.02. The quantitative estimate of drug-likeness (QED) is 0.769. The number of pyridine rings is 1. The Bertz CT molecular complexity index is 691. The lowest BCUT2D eigenvalue weighted by atomic mass is 10.1. The topological polar surface area (TPSA) is 56.2 Å². The Labute approximate surface area is 109 Å². The fourth-order valence-electron chi connectivity index (χ4n) is 1.93. The number of hydrogen-bond donors (Lipinski definition) is 1. The van der Waals surface area contributed by atoms with E-state index in [1.54, 1.807) is 12.3 Å². The lowest BCUT2D eigenvalue weighted by molar-refractivity contribution is 0.935. The van der Waals surface area contributed by atoms with Crippen molar-refractivity contribution in [3.05, 3.63) is 59.0 Å². The van der Waals surface area contributed by atoms with Gasteiger partial charge in [0.1, 0.15) is 5.82 Å². The summed E-state index contributed by atoms with van der Waals surface area (Å²) in [7, 11) is 0. The third-order valence-corrected chi connectivity index (χ3v) is 2.98. The van der Waals surface area contributed by atoms with Gasteiger partial charge < -0.3 is 5.73 Å². The molecule has 0 aliphatic carbocycles. The molecule has 0 aliphatic rings. The van der Waals surface area contributed by atoms with Gasteiger partial charge in [0.2, 0.25) is 0 Å². The van der Waals surface area contributed by atoms with Crippen LogP contribution in [-0.2, 0) is 6.42 Å². The van der Waals surface area contributed by atoms with E-state index in [0.717, 1.165) is 5.82 Å². The number of aromatic nitrogens is 3. The molecule has 0 saturated heterocycles. The Morgan fingerprint density at radius 1 is 1.17 bits per heavy atom. The van der Waals surface area contributed by atoms with Gasteiger partial charge in [-0.25, -0.2) is 0 Å². The first-order valence-electron chi connectivity index (χ1n) is 5.56. The Balaban J connectivity index is 2.08. The number of nitrogens with two attached hydrogens (primary N) is 1. The van der Waals surface area contributed by atoms with Crippen LogP contribution in [0.5, 0.6) is 0 Å². The second-order valence-corrected chi connectivity index (χ2v) is 4.52. The number of rotatable bonds is 2. The van der Waals surface area contributed by atoms with E-state index in [0.29, 0.717) is 22.8 Å². The van der Waals surface area contributed by atoms with Crippen LogP contribution in [0.3, 0.4) is 0 Å². The summed E-state index contributed by atoms with van der Waals surface area (Å²) in [5, 5.41) is 8.83. The average molecular weight is 259 g/mol. The zero-order chi connectivity index (χ0) is 12.5. The molecule has 2 aromatic heterocycles. The molecular weight excluding hydrogens is 248 g/mol. The molecular formula is C13H11ClN4. The highest BCUT2D eigenvalue weighted by molar-refractivity contribution is 6.30. The van der Waals surface area contributed by atoms with Crippen LogP contribution >= 0.6 is 11.6 Å². The van der Waals surface area contributed by atoms with Crippen LogP contribution in [0.15, 0.2) is 42.6 Å². The van der Waals surface area contributed by atoms with Gasteiger partial charge in [0.25, 0.3) is 0 Å². The van der Waals surface area contributed by atoms with Crippen LogP contribution in [0.2, 0.25) is 5.02 Å². The highest BCUT2D eigenvalue weighted by Gasteiger charge is 2.09. The Morgan fingerprint density at radius 2 is 1.94 bits per heavy atom. The molecule has 4 nitrogen and oxygen atoms in total. The molecule has 0 spiro atoms. The number of halogens is 1. The van der Waals surface area contributed by atoms with Gasteiger partial charge in [0.15, 0.2) is 5.65 Å². The standard InChI is InChI=1S/C13H11ClN4/c14-10-7-11(15)13-17-16-12(18(13)8-10)6-9-4-2-1-3-5-9/h1-5,7-8H,6,15H2. The minimum absolute atomic E-state index is 0.536. The molecule has 90 valence electrons. The van der Waals surface area contributed by atoms with E-state index in [2.05, 4.69) is 22.3 Å². The molecule has 3 aromatic rings. The zero-order valence-corrected chi connectivity index (χ0v) is 10.3. The molecule has 0 unspecified atom stereocenters. The summed E-state index contributed by atoms with van der Waals surface area (Å²) in [6.07, 6.45) is 2.48. The van der Waals surface area contributed by atoms with Crippen LogP contribution in [0, 0.1) is 0 Å². The van der Waals surface area contributed by atoms with E-state index in [4.69, 9.17) is 17.3 Å². The van der Waals surface area contributed by atoms with Crippen LogP contribution < -0.4 is 5.73 Å². The van der Waals surface area contributed by atoms with E-state index in [1.165, 1.54) is 5.56 Å². The van der Waals surface area contributed by atoms with Crippen molar-refractivity contribution in [2.24, 2.45) is 0 Å². The average Bonchev–Trinajstić information content (AvgIpc) is 2.74. The molecule has 0 fully saturated rings. The van der Waals surface area contributed by atoms with Crippen molar-refractivity contribution in [2.45, 2.75) is 6.42 Å². The summed E-state index contributed by atoms with van der Waals surface area (Å²) in [5.74, 6) is 0.824. The SMILES string of the molecule is Nc1cc(Cl)cn2c(Cc3ccccc3)nnc12. The first-order chi connectivity index (χ1) is 8.74. The molecule has 2 N–H and O–H groups in total. The summed E-state index contributed by atoms with van der Waals surface area (Å²) in [4.78, 5) is 0. The smallest absolute Gasteiger partial charge is 0.184 e. The van der Waals surface area contributed by atoms with E-state index in [1.807, 2.05) is 22.6 Å². The summed E-state index contributed by atoms with van der Waals surface area (Å²) >= 11 is 6.00. The Morgan fingerprint density at radius 3 is 2.72 bits per heavy atom. The monoisotopic (exact) mass is 258 g/mol. The molecule has 0 aliphatic heterocycles. The van der Waals surface area contributed by atoms with E-state index in [9.17, 15) is 0 Å². The summed E-state index contributed by atoms with van der Waals surface area (Å²) in [6, 6.07) is 11.8. The van der Waals surface area contributed by atoms with Crippen LogP contribution in [-0.4, -0.2) is 14.6 Å². The van der Waals surface area contributed by atoms with Gasteiger partial charge in [-0.05, 0) is 11.6 Å². The maximum atomic E-state index is 6.00. The van der Waals surface area contributed by atoms with Gasteiger partial charge in [-0.1, -0.05) is 41.9 Å². The van der Waals surface area contributed by atoms with E-state index < -0.39 is 0 Å². The molecule has 0 saturated carbocycles. The third kappa shape index (κ3) is 1.91. The number of nitrogens with zero attached hydrogens (tertiary/aromatic N) is 3. The molecule has 0 radical (unpaired) electrons. The van der Waals surface area contributed by atoms with Crippen LogP contribution in [0.1, 0.15) is 11.4 Å². The second-order valence-electron chi connectivity index (χ2n) is 4.09. The summed E-state index contributed by atoms with van der Waals surface area (Å²) in [5.41, 5.74) is 8.21. The van der Waals surface area contributed by atoms with E-state index in [-0.39, 0.29) is 0 Å². The lowest BCUT2D eigenvalue weighted by Crippen LogP contribution is -1.98. The van der Waals surface area contributed by atoms with Crippen molar-refractivity contribution in [1.29, 1.82) is 0 Å². The van der Waals surface area contributed by atoms with Crippen molar-refractivity contribution >= 4 is 22.9 Å². The van der Waals surface area contributed by atoms with Gasteiger partial charge in [-0.3, -0.25) is 4.40 Å². The molecule has 0 atom stereocenters. The Kier molecular flexibility index (Phi) is 2.64. The van der Waals surface area contributed by atoms with Crippen LogP contribution in [0.4, 0.5) is 5.69 Å². The van der Waals surface area contributed by atoms with Gasteiger partial charge in [0, 0.05) is 12.6 Å². The predicted molar refractivity (Wildman–Crippen MR) is 71.7 cm³/mol. The van der Waals surface area contributed by atoms with Crippen molar-refractivity contribution in [2.75, 3.05) is 5.73 Å². The Hall–Kier alpha value is -2.07. The van der Waals surface area contributed by atoms with Gasteiger partial charge >= 0.3 is 0 Å². The second kappa shape index (κ2) is 4.31. The summed E-state index contributed by atoms with van der Waals surface area (Å²) < 4.78 is 1.84. The van der Waals surface area contributed by atoms with Gasteiger partial charge in [0.05, 0.1) is 10.7 Å². The number of fused-ring (bicyclic) bond motifs is 1. The van der Waals surface area contributed by atoms with Gasteiger partial charge in [-0.2, -0.15) is 0 Å². The maximum Gasteiger partial charge on any atom is 0.184 e. The zero-order valence-electron chi connectivity index (χ0n) is 9.55. The predicted octanol–water partition coefficient (Wildman–Crippen LogP) is 2.56. The highest BCUT2D eigenvalue weighted by Crippen LogP contribution is 2.19. The van der Waals surface area contributed by atoms with Crippen molar-refractivity contribution < 1.29 is 0 Å². The maximum absolute atomic E-state index is 6.00. The molecule has 1 aromatic carbocycles. The minimum atomic E-state index is 0.536. The van der Waals surface area contributed by atoms with Crippen molar-refractivity contribution in [3.8, 4) is 0 Å². The van der Waals surface area contributed by atoms with Crippen molar-refractivity contribution in [1.82, 2.24) is 14.6 Å². The molecule has 5 heteroatoms. The summed E-state index contributed by atoms with van der Waals surface area (Å²) in [6.45, 7) is 0. The number of hydrogen-bond acceptors (Lipinski definition) is 3. The minimum Gasteiger partial charge on any atom is -0.396 e. The van der Waals surface area contributed by atoms with Crippen molar-refractivity contribution in [3.63, 3.8) is 0 Å². The number of anilines is 1. The van der Waals surface area contributed by atoms with Gasteiger partial charge in [-0.15, -0.1) is 10.2 Å². The first kappa shape index (κ1) is 11.0. The molecule has 3 rings (SSSR count). The highest BCUT2D eigenvalue weighted by atomic mass is 35.5. The molecule has 0 amide bonds. The van der Waals surface area contributed by atoms with Crippen LogP contribution in [0.25, 0.3) is 5.65 Å². The largest absolute Gasteiger partial charge is 0.396 e. The molecule has 0 bridgehead atoms.